The van der Waals surface area contributed by atoms with E-state index in [4.69, 9.17) is 4.74 Å². The number of rotatable bonds is 5. The first-order valence-electron chi connectivity index (χ1n) is 8.18. The number of urea groups is 1. The van der Waals surface area contributed by atoms with Gasteiger partial charge in [0.1, 0.15) is 17.5 Å². The summed E-state index contributed by atoms with van der Waals surface area (Å²) in [7, 11) is 1.47. The summed E-state index contributed by atoms with van der Waals surface area (Å²) in [5.74, 6) is -0.452. The van der Waals surface area contributed by atoms with Crippen LogP contribution >= 0.6 is 0 Å². The van der Waals surface area contributed by atoms with Crippen LogP contribution in [0.15, 0.2) is 42.7 Å². The summed E-state index contributed by atoms with van der Waals surface area (Å²) in [5, 5.41) is 0. The number of anilines is 1. The average molecular weight is 395 g/mol. The van der Waals surface area contributed by atoms with Gasteiger partial charge in [-0.2, -0.15) is 0 Å². The van der Waals surface area contributed by atoms with Gasteiger partial charge >= 0.3 is 12.4 Å². The summed E-state index contributed by atoms with van der Waals surface area (Å²) >= 11 is 0. The van der Waals surface area contributed by atoms with Crippen LogP contribution in [0.25, 0.3) is 0 Å². The van der Waals surface area contributed by atoms with Crippen LogP contribution in [0.1, 0.15) is 12.5 Å². The maximum atomic E-state index is 12.8. The third-order valence-corrected chi connectivity index (χ3v) is 4.24. The molecule has 0 bridgehead atoms. The summed E-state index contributed by atoms with van der Waals surface area (Å²) in [6.07, 6.45) is -1.78. The normalized spacial score (nSPS) is 17.2. The Morgan fingerprint density at radius 3 is 2.43 bits per heavy atom. The average Bonchev–Trinajstić information content (AvgIpc) is 2.85. The molecule has 1 saturated heterocycles. The van der Waals surface area contributed by atoms with Gasteiger partial charge in [-0.05, 0) is 37.3 Å². The lowest BCUT2D eigenvalue weighted by molar-refractivity contribution is -0.274. The topological polar surface area (TPSA) is 72.0 Å². The van der Waals surface area contributed by atoms with E-state index in [1.54, 1.807) is 19.2 Å². The minimum atomic E-state index is -4.82. The number of carbonyl (C=O) groups excluding carboxylic acids is 2. The minimum absolute atomic E-state index is 0.114. The first-order chi connectivity index (χ1) is 13.2. The third-order valence-electron chi connectivity index (χ3n) is 4.24. The van der Waals surface area contributed by atoms with Gasteiger partial charge in [-0.25, -0.2) is 9.69 Å². The van der Waals surface area contributed by atoms with Crippen molar-refractivity contribution < 1.29 is 32.2 Å². The largest absolute Gasteiger partial charge is 0.573 e. The van der Waals surface area contributed by atoms with Crippen LogP contribution in [0.3, 0.4) is 0 Å². The second-order valence-corrected chi connectivity index (χ2v) is 5.99. The van der Waals surface area contributed by atoms with Gasteiger partial charge in [0.15, 0.2) is 0 Å². The minimum Gasteiger partial charge on any atom is -0.495 e. The van der Waals surface area contributed by atoms with Crippen LogP contribution < -0.4 is 14.4 Å². The first-order valence-corrected chi connectivity index (χ1v) is 8.18. The molecule has 2 heterocycles. The highest BCUT2D eigenvalue weighted by molar-refractivity contribution is 6.21. The van der Waals surface area contributed by atoms with Gasteiger partial charge in [0.05, 0.1) is 25.5 Å². The van der Waals surface area contributed by atoms with E-state index >= 15 is 0 Å². The molecule has 0 saturated carbocycles. The number of pyridine rings is 1. The fourth-order valence-electron chi connectivity index (χ4n) is 2.85. The lowest BCUT2D eigenvalue weighted by Crippen LogP contribution is -2.33. The fourth-order valence-corrected chi connectivity index (χ4v) is 2.85. The van der Waals surface area contributed by atoms with Crippen LogP contribution in [-0.2, 0) is 11.3 Å². The van der Waals surface area contributed by atoms with Gasteiger partial charge in [0.25, 0.3) is 5.91 Å². The van der Waals surface area contributed by atoms with E-state index in [2.05, 4.69) is 9.72 Å². The van der Waals surface area contributed by atoms with E-state index in [9.17, 15) is 22.8 Å². The highest BCUT2D eigenvalue weighted by atomic mass is 19.4. The maximum absolute atomic E-state index is 12.8. The number of methoxy groups -OCH3 is 1. The second kappa shape index (κ2) is 7.37. The Morgan fingerprint density at radius 1 is 1.14 bits per heavy atom. The van der Waals surface area contributed by atoms with Gasteiger partial charge in [-0.15, -0.1) is 13.2 Å². The van der Waals surface area contributed by atoms with E-state index in [0.29, 0.717) is 11.3 Å². The highest BCUT2D eigenvalue weighted by Gasteiger charge is 2.43. The van der Waals surface area contributed by atoms with Gasteiger partial charge in [0.2, 0.25) is 0 Å². The first kappa shape index (κ1) is 19.5. The lowest BCUT2D eigenvalue weighted by atomic mass is 10.2. The molecule has 28 heavy (non-hydrogen) atoms. The van der Waals surface area contributed by atoms with Crippen molar-refractivity contribution in [2.24, 2.45) is 0 Å². The van der Waals surface area contributed by atoms with Crippen molar-refractivity contribution in [2.75, 3.05) is 12.0 Å². The van der Waals surface area contributed by atoms with E-state index in [1.165, 1.54) is 30.3 Å². The molecule has 3 rings (SSSR count). The molecule has 3 amide bonds. The maximum Gasteiger partial charge on any atom is 0.573 e. The predicted molar refractivity (Wildman–Crippen MR) is 91.8 cm³/mol. The Labute approximate surface area is 158 Å². The van der Waals surface area contributed by atoms with Gasteiger partial charge < -0.3 is 14.4 Å². The molecular formula is C18H16F3N3O4. The number of amides is 3. The van der Waals surface area contributed by atoms with Crippen molar-refractivity contribution in [3.63, 3.8) is 0 Å². The van der Waals surface area contributed by atoms with Crippen molar-refractivity contribution in [2.45, 2.75) is 25.9 Å². The molecular weight excluding hydrogens is 379 g/mol. The van der Waals surface area contributed by atoms with Gasteiger partial charge in [-0.1, -0.05) is 0 Å². The summed E-state index contributed by atoms with van der Waals surface area (Å²) in [6, 6.07) is 4.87. The third kappa shape index (κ3) is 3.85. The summed E-state index contributed by atoms with van der Waals surface area (Å²) in [5.41, 5.74) is 0.821. The van der Waals surface area contributed by atoms with Gasteiger partial charge in [0, 0.05) is 11.8 Å². The Balaban J connectivity index is 1.82. The zero-order chi connectivity index (χ0) is 20.5. The summed E-state index contributed by atoms with van der Waals surface area (Å²) < 4.78 is 45.8. The molecule has 1 aliphatic heterocycles. The number of nitrogens with zero attached hydrogens (tertiary/aromatic N) is 3. The van der Waals surface area contributed by atoms with Crippen LogP contribution in [0, 0.1) is 0 Å². The summed E-state index contributed by atoms with van der Waals surface area (Å²) in [6.45, 7) is 1.69. The zero-order valence-electron chi connectivity index (χ0n) is 14.9. The SMILES string of the molecule is COc1cnccc1CN1C(=O)N(c2ccc(OC(F)(F)F)cc2)C(=O)C1C. The number of hydrogen-bond acceptors (Lipinski definition) is 5. The Hall–Kier alpha value is -3.30. The van der Waals surface area contributed by atoms with Gasteiger partial charge in [-0.3, -0.25) is 9.78 Å². The molecule has 0 radical (unpaired) electrons. The van der Waals surface area contributed by atoms with Crippen LogP contribution in [0.2, 0.25) is 0 Å². The Morgan fingerprint density at radius 2 is 1.82 bits per heavy atom. The number of hydrogen-bond donors (Lipinski definition) is 0. The van der Waals surface area contributed by atoms with E-state index in [0.717, 1.165) is 17.0 Å². The molecule has 1 atom stereocenters. The number of alkyl halides is 3. The monoisotopic (exact) mass is 395 g/mol. The van der Waals surface area contributed by atoms with Crippen molar-refractivity contribution >= 4 is 17.6 Å². The van der Waals surface area contributed by atoms with Crippen molar-refractivity contribution in [3.8, 4) is 11.5 Å². The molecule has 1 aliphatic rings. The van der Waals surface area contributed by atoms with E-state index in [-0.39, 0.29) is 12.2 Å². The molecule has 1 aromatic heterocycles. The van der Waals surface area contributed by atoms with E-state index < -0.39 is 30.1 Å². The molecule has 0 N–H and O–H groups in total. The quantitative estimate of drug-likeness (QED) is 0.726. The van der Waals surface area contributed by atoms with Crippen molar-refractivity contribution in [1.82, 2.24) is 9.88 Å². The molecule has 1 unspecified atom stereocenters. The Bertz CT molecular complexity index is 886. The predicted octanol–water partition coefficient (Wildman–Crippen LogP) is 3.35. The molecule has 2 aromatic rings. The standard InChI is InChI=1S/C18H16F3N3O4/c1-11-16(25)24(13-3-5-14(6-4-13)28-18(19,20)21)17(26)23(11)10-12-7-8-22-9-15(12)27-2/h3-9,11H,10H2,1-2H3. The molecule has 1 fully saturated rings. The highest BCUT2D eigenvalue weighted by Crippen LogP contribution is 2.30. The number of aromatic nitrogens is 1. The Kier molecular flexibility index (Phi) is 5.12. The van der Waals surface area contributed by atoms with Crippen LogP contribution in [-0.4, -0.2) is 41.3 Å². The molecule has 1 aromatic carbocycles. The lowest BCUT2D eigenvalue weighted by Gasteiger charge is -2.20. The molecule has 10 heteroatoms. The molecule has 0 aliphatic carbocycles. The number of benzene rings is 1. The van der Waals surface area contributed by atoms with E-state index in [1.807, 2.05) is 0 Å². The zero-order valence-corrected chi connectivity index (χ0v) is 14.9. The van der Waals surface area contributed by atoms with Crippen LogP contribution in [0.4, 0.5) is 23.7 Å². The van der Waals surface area contributed by atoms with Crippen molar-refractivity contribution in [1.29, 1.82) is 0 Å². The molecule has 7 nitrogen and oxygen atoms in total. The molecule has 0 spiro atoms. The van der Waals surface area contributed by atoms with Crippen LogP contribution in [0.5, 0.6) is 11.5 Å². The van der Waals surface area contributed by atoms with Crippen molar-refractivity contribution in [3.05, 3.63) is 48.3 Å². The molecule has 148 valence electrons. The number of halogens is 3. The summed E-state index contributed by atoms with van der Waals surface area (Å²) in [4.78, 5) is 31.6. The number of ether oxygens (including phenoxy) is 2. The fraction of sp³-hybridized carbons (Fsp3) is 0.278. The smallest absolute Gasteiger partial charge is 0.495 e. The number of carbonyl (C=O) groups is 2. The number of imide groups is 1. The second-order valence-electron chi connectivity index (χ2n) is 5.99.